The lowest BCUT2D eigenvalue weighted by atomic mass is 10.1. The highest BCUT2D eigenvalue weighted by atomic mass is 79.9. The van der Waals surface area contributed by atoms with Crippen LogP contribution in [0.4, 0.5) is 0 Å². The molecule has 0 aliphatic heterocycles. The van der Waals surface area contributed by atoms with Crippen LogP contribution in [0, 0.1) is 0 Å². The van der Waals surface area contributed by atoms with Crippen molar-refractivity contribution in [3.63, 3.8) is 0 Å². The molecule has 0 aromatic heterocycles. The second kappa shape index (κ2) is 6.22. The van der Waals surface area contributed by atoms with Crippen LogP contribution in [0.15, 0.2) is 53.0 Å². The van der Waals surface area contributed by atoms with E-state index in [1.165, 1.54) is 0 Å². The Kier molecular flexibility index (Phi) is 4.61. The van der Waals surface area contributed by atoms with Crippen molar-refractivity contribution in [2.45, 2.75) is 13.0 Å². The molecular weight excluding hydrogens is 326 g/mol. The van der Waals surface area contributed by atoms with Crippen LogP contribution < -0.4 is 5.32 Å². The number of halogens is 2. The molecule has 0 bridgehead atoms. The third kappa shape index (κ3) is 3.82. The molecule has 2 nitrogen and oxygen atoms in total. The molecule has 0 saturated carbocycles. The minimum Gasteiger partial charge on any atom is -0.346 e. The molecule has 0 spiro atoms. The number of carbonyl (C=O) groups is 1. The maximum absolute atomic E-state index is 12.1. The number of benzene rings is 2. The Hall–Kier alpha value is -1.32. The molecule has 2 aromatic carbocycles. The van der Waals surface area contributed by atoms with Gasteiger partial charge in [-0.25, -0.2) is 0 Å². The summed E-state index contributed by atoms with van der Waals surface area (Å²) in [4.78, 5) is 12.1. The second-order valence-electron chi connectivity index (χ2n) is 4.25. The standard InChI is InChI=1S/C15H13BrClNO/c1-10(11-4-8-14(17)9-5-11)18-15(19)12-2-6-13(16)7-3-12/h2-10H,1H3,(H,18,19)/t10-/m0/s1. The summed E-state index contributed by atoms with van der Waals surface area (Å²) in [6.45, 7) is 1.94. The third-order valence-corrected chi connectivity index (χ3v) is 3.60. The molecule has 1 atom stereocenters. The summed E-state index contributed by atoms with van der Waals surface area (Å²) >= 11 is 9.19. The lowest BCUT2D eigenvalue weighted by Gasteiger charge is -2.14. The SMILES string of the molecule is C[C@H](NC(=O)c1ccc(Br)cc1)c1ccc(Cl)cc1. The van der Waals surface area contributed by atoms with Gasteiger partial charge in [0.2, 0.25) is 0 Å². The van der Waals surface area contributed by atoms with Crippen LogP contribution in [0.2, 0.25) is 5.02 Å². The molecule has 4 heteroatoms. The summed E-state index contributed by atoms with van der Waals surface area (Å²) < 4.78 is 0.954. The van der Waals surface area contributed by atoms with E-state index >= 15 is 0 Å². The van der Waals surface area contributed by atoms with Crippen LogP contribution >= 0.6 is 27.5 Å². The van der Waals surface area contributed by atoms with E-state index in [4.69, 9.17) is 11.6 Å². The minimum absolute atomic E-state index is 0.0617. The Balaban J connectivity index is 2.06. The maximum Gasteiger partial charge on any atom is 0.251 e. The van der Waals surface area contributed by atoms with Gasteiger partial charge in [0.25, 0.3) is 5.91 Å². The molecule has 0 radical (unpaired) electrons. The molecule has 1 N–H and O–H groups in total. The lowest BCUT2D eigenvalue weighted by molar-refractivity contribution is 0.0940. The first-order chi connectivity index (χ1) is 9.06. The van der Waals surface area contributed by atoms with Crippen LogP contribution in [-0.4, -0.2) is 5.91 Å². The normalized spacial score (nSPS) is 11.9. The molecule has 0 aliphatic rings. The van der Waals surface area contributed by atoms with Crippen LogP contribution in [0.1, 0.15) is 28.9 Å². The van der Waals surface area contributed by atoms with Gasteiger partial charge in [-0.05, 0) is 48.9 Å². The molecular formula is C15H13BrClNO. The molecule has 2 rings (SSSR count). The Labute approximate surface area is 125 Å². The van der Waals surface area contributed by atoms with Gasteiger partial charge in [-0.2, -0.15) is 0 Å². The smallest absolute Gasteiger partial charge is 0.251 e. The van der Waals surface area contributed by atoms with E-state index in [0.29, 0.717) is 10.6 Å². The van der Waals surface area contributed by atoms with Gasteiger partial charge in [-0.1, -0.05) is 39.7 Å². The summed E-state index contributed by atoms with van der Waals surface area (Å²) in [6, 6.07) is 14.7. The van der Waals surface area contributed by atoms with Crippen molar-refractivity contribution in [3.05, 3.63) is 69.2 Å². The van der Waals surface area contributed by atoms with E-state index < -0.39 is 0 Å². The van der Waals surface area contributed by atoms with E-state index in [1.54, 1.807) is 12.1 Å². The topological polar surface area (TPSA) is 29.1 Å². The van der Waals surface area contributed by atoms with Gasteiger partial charge in [0.15, 0.2) is 0 Å². The van der Waals surface area contributed by atoms with Crippen molar-refractivity contribution >= 4 is 33.4 Å². The fraction of sp³-hybridized carbons (Fsp3) is 0.133. The fourth-order valence-corrected chi connectivity index (χ4v) is 2.11. The van der Waals surface area contributed by atoms with Crippen LogP contribution in [0.5, 0.6) is 0 Å². The number of hydrogen-bond donors (Lipinski definition) is 1. The van der Waals surface area contributed by atoms with Crippen molar-refractivity contribution in [2.24, 2.45) is 0 Å². The highest BCUT2D eigenvalue weighted by Gasteiger charge is 2.11. The van der Waals surface area contributed by atoms with Gasteiger partial charge >= 0.3 is 0 Å². The number of amides is 1. The van der Waals surface area contributed by atoms with E-state index in [1.807, 2.05) is 43.3 Å². The third-order valence-electron chi connectivity index (χ3n) is 2.82. The fourth-order valence-electron chi connectivity index (χ4n) is 1.72. The summed E-state index contributed by atoms with van der Waals surface area (Å²) in [6.07, 6.45) is 0. The Morgan fingerprint density at radius 1 is 1.11 bits per heavy atom. The molecule has 0 unspecified atom stereocenters. The van der Waals surface area contributed by atoms with Gasteiger partial charge in [-0.15, -0.1) is 0 Å². The zero-order valence-corrected chi connectivity index (χ0v) is 12.7. The number of hydrogen-bond acceptors (Lipinski definition) is 1. The lowest BCUT2D eigenvalue weighted by Crippen LogP contribution is -2.26. The first kappa shape index (κ1) is 14.1. The van der Waals surface area contributed by atoms with Gasteiger partial charge in [-0.3, -0.25) is 4.79 Å². The van der Waals surface area contributed by atoms with Gasteiger partial charge < -0.3 is 5.32 Å². The molecule has 0 aliphatic carbocycles. The largest absolute Gasteiger partial charge is 0.346 e. The highest BCUT2D eigenvalue weighted by Crippen LogP contribution is 2.17. The van der Waals surface area contributed by atoms with E-state index in [2.05, 4.69) is 21.2 Å². The first-order valence-corrected chi connectivity index (χ1v) is 7.05. The van der Waals surface area contributed by atoms with Crippen molar-refractivity contribution in [1.29, 1.82) is 0 Å². The van der Waals surface area contributed by atoms with Crippen molar-refractivity contribution < 1.29 is 4.79 Å². The highest BCUT2D eigenvalue weighted by molar-refractivity contribution is 9.10. The Morgan fingerprint density at radius 3 is 2.26 bits per heavy atom. The number of rotatable bonds is 3. The van der Waals surface area contributed by atoms with E-state index in [-0.39, 0.29) is 11.9 Å². The van der Waals surface area contributed by atoms with Crippen molar-refractivity contribution in [3.8, 4) is 0 Å². The van der Waals surface area contributed by atoms with Gasteiger partial charge in [0, 0.05) is 15.1 Å². The first-order valence-electron chi connectivity index (χ1n) is 5.88. The predicted molar refractivity (Wildman–Crippen MR) is 81.5 cm³/mol. The van der Waals surface area contributed by atoms with Crippen molar-refractivity contribution in [2.75, 3.05) is 0 Å². The van der Waals surface area contributed by atoms with Gasteiger partial charge in [0.1, 0.15) is 0 Å². The van der Waals surface area contributed by atoms with Gasteiger partial charge in [0.05, 0.1) is 6.04 Å². The molecule has 98 valence electrons. The monoisotopic (exact) mass is 337 g/mol. The molecule has 0 fully saturated rings. The zero-order chi connectivity index (χ0) is 13.8. The Bertz CT molecular complexity index is 566. The van der Waals surface area contributed by atoms with Crippen LogP contribution in [0.3, 0.4) is 0 Å². The summed E-state index contributed by atoms with van der Waals surface area (Å²) in [5.74, 6) is -0.0880. The molecule has 1 amide bonds. The van der Waals surface area contributed by atoms with E-state index in [0.717, 1.165) is 10.0 Å². The molecule has 0 heterocycles. The summed E-state index contributed by atoms with van der Waals surface area (Å²) in [7, 11) is 0. The second-order valence-corrected chi connectivity index (χ2v) is 5.61. The summed E-state index contributed by atoms with van der Waals surface area (Å²) in [5.41, 5.74) is 1.67. The summed E-state index contributed by atoms with van der Waals surface area (Å²) in [5, 5.41) is 3.64. The Morgan fingerprint density at radius 2 is 1.68 bits per heavy atom. The number of nitrogens with one attached hydrogen (secondary N) is 1. The molecule has 2 aromatic rings. The van der Waals surface area contributed by atoms with Crippen LogP contribution in [0.25, 0.3) is 0 Å². The minimum atomic E-state index is -0.0880. The van der Waals surface area contributed by atoms with Crippen LogP contribution in [-0.2, 0) is 0 Å². The zero-order valence-electron chi connectivity index (χ0n) is 10.4. The number of carbonyl (C=O) groups excluding carboxylic acids is 1. The van der Waals surface area contributed by atoms with E-state index in [9.17, 15) is 4.79 Å². The maximum atomic E-state index is 12.1. The average Bonchev–Trinajstić information content (AvgIpc) is 2.40. The predicted octanol–water partition coefficient (Wildman–Crippen LogP) is 4.59. The molecule has 0 saturated heterocycles. The molecule has 19 heavy (non-hydrogen) atoms. The quantitative estimate of drug-likeness (QED) is 0.871. The average molecular weight is 339 g/mol. The van der Waals surface area contributed by atoms with Crippen molar-refractivity contribution in [1.82, 2.24) is 5.32 Å².